The summed E-state index contributed by atoms with van der Waals surface area (Å²) in [6.07, 6.45) is 1.56. The van der Waals surface area contributed by atoms with E-state index in [4.69, 9.17) is 0 Å². The fraction of sp³-hybridized carbons (Fsp3) is 0.278. The summed E-state index contributed by atoms with van der Waals surface area (Å²) in [5.74, 6) is -0.664. The molecule has 1 atom stereocenters. The number of benzene rings is 1. The van der Waals surface area contributed by atoms with Gasteiger partial charge in [-0.15, -0.1) is 21.5 Å². The lowest BCUT2D eigenvalue weighted by Gasteiger charge is -2.12. The molecule has 0 radical (unpaired) electrons. The van der Waals surface area contributed by atoms with Crippen molar-refractivity contribution in [2.75, 3.05) is 10.6 Å². The van der Waals surface area contributed by atoms with Crippen molar-refractivity contribution in [1.82, 2.24) is 19.7 Å². The van der Waals surface area contributed by atoms with Gasteiger partial charge in [-0.05, 0) is 26.0 Å². The van der Waals surface area contributed by atoms with Gasteiger partial charge in [0.15, 0.2) is 10.3 Å². The molecule has 0 aliphatic rings. The third-order valence-corrected chi connectivity index (χ3v) is 5.66. The lowest BCUT2D eigenvalue weighted by atomic mass is 10.3. The van der Waals surface area contributed by atoms with Crippen LogP contribution in [0.25, 0.3) is 0 Å². The Morgan fingerprint density at radius 1 is 1.28 bits per heavy atom. The predicted octanol–water partition coefficient (Wildman–Crippen LogP) is 3.19. The fourth-order valence-corrected chi connectivity index (χ4v) is 3.92. The van der Waals surface area contributed by atoms with Gasteiger partial charge in [-0.2, -0.15) is 0 Å². The molecule has 2 aromatic heterocycles. The van der Waals surface area contributed by atoms with E-state index in [1.165, 1.54) is 35.2 Å². The minimum atomic E-state index is -0.505. The second-order valence-electron chi connectivity index (χ2n) is 5.93. The Morgan fingerprint density at radius 2 is 2.07 bits per heavy atom. The van der Waals surface area contributed by atoms with Crippen molar-refractivity contribution in [3.8, 4) is 0 Å². The first-order valence-electron chi connectivity index (χ1n) is 8.81. The monoisotopic (exact) mass is 434 g/mol. The molecule has 11 heteroatoms. The zero-order valence-electron chi connectivity index (χ0n) is 15.8. The Kier molecular flexibility index (Phi) is 6.94. The Morgan fingerprint density at radius 3 is 2.76 bits per heavy atom. The summed E-state index contributed by atoms with van der Waals surface area (Å²) in [5.41, 5.74) is 0.113. The Hall–Kier alpha value is -2.79. The summed E-state index contributed by atoms with van der Waals surface area (Å²) in [5, 5.41) is 15.9. The van der Waals surface area contributed by atoms with Crippen LogP contribution in [0.1, 0.15) is 19.7 Å². The summed E-state index contributed by atoms with van der Waals surface area (Å²) in [6.45, 7) is 4.18. The topological polar surface area (TPSA) is 102 Å². The Balaban J connectivity index is 1.64. The smallest absolute Gasteiger partial charge is 0.239 e. The molecule has 1 aromatic carbocycles. The van der Waals surface area contributed by atoms with Crippen molar-refractivity contribution in [3.05, 3.63) is 47.5 Å². The highest BCUT2D eigenvalue weighted by Gasteiger charge is 2.21. The quantitative estimate of drug-likeness (QED) is 0.528. The van der Waals surface area contributed by atoms with Gasteiger partial charge < -0.3 is 15.2 Å². The Bertz CT molecular complexity index is 992. The third kappa shape index (κ3) is 5.39. The van der Waals surface area contributed by atoms with E-state index < -0.39 is 17.0 Å². The third-order valence-electron chi connectivity index (χ3n) is 3.89. The van der Waals surface area contributed by atoms with E-state index in [2.05, 4.69) is 25.8 Å². The highest BCUT2D eigenvalue weighted by Crippen LogP contribution is 2.24. The molecule has 0 saturated heterocycles. The van der Waals surface area contributed by atoms with E-state index in [1.807, 2.05) is 6.92 Å². The van der Waals surface area contributed by atoms with Gasteiger partial charge in [0, 0.05) is 18.1 Å². The fourth-order valence-electron chi connectivity index (χ4n) is 2.46. The number of thioether (sulfide) groups is 1. The van der Waals surface area contributed by atoms with E-state index in [-0.39, 0.29) is 18.0 Å². The van der Waals surface area contributed by atoms with Gasteiger partial charge >= 0.3 is 0 Å². The van der Waals surface area contributed by atoms with Crippen molar-refractivity contribution in [2.45, 2.75) is 37.2 Å². The maximum absolute atomic E-state index is 13.7. The molecule has 152 valence electrons. The number of nitrogens with one attached hydrogen (secondary N) is 2. The molecule has 0 spiro atoms. The number of aromatic nitrogens is 4. The van der Waals surface area contributed by atoms with Gasteiger partial charge in [0.1, 0.15) is 11.6 Å². The number of para-hydroxylation sites is 1. The normalized spacial score (nSPS) is 11.8. The van der Waals surface area contributed by atoms with Crippen molar-refractivity contribution >= 4 is 45.7 Å². The molecule has 0 bridgehead atoms. The number of rotatable bonds is 8. The van der Waals surface area contributed by atoms with Gasteiger partial charge in [-0.3, -0.25) is 9.59 Å². The number of hydrogen-bond acceptors (Lipinski definition) is 7. The van der Waals surface area contributed by atoms with Crippen molar-refractivity contribution in [2.24, 2.45) is 0 Å². The van der Waals surface area contributed by atoms with E-state index in [1.54, 1.807) is 35.2 Å². The van der Waals surface area contributed by atoms with Gasteiger partial charge in [0.2, 0.25) is 11.8 Å². The standard InChI is InChI=1S/C18H19FN6O2S2/c1-3-25-14(10-15(26)21-13-7-5-4-6-12(13)19)23-24-18(25)29-11(2)16(27)22-17-20-8-9-28-17/h4-9,11H,3,10H2,1-2H3,(H,21,26)(H,20,22,27)/t11-/m1/s1. The number of thiazole rings is 1. The van der Waals surface area contributed by atoms with Crippen LogP contribution in [-0.4, -0.2) is 36.8 Å². The van der Waals surface area contributed by atoms with Crippen LogP contribution < -0.4 is 10.6 Å². The predicted molar refractivity (Wildman–Crippen MR) is 110 cm³/mol. The Labute approximate surface area is 174 Å². The number of carbonyl (C=O) groups excluding carboxylic acids is 2. The van der Waals surface area contributed by atoms with E-state index in [0.717, 1.165) is 0 Å². The molecule has 29 heavy (non-hydrogen) atoms. The number of anilines is 2. The molecule has 3 rings (SSSR count). The second kappa shape index (κ2) is 9.61. The summed E-state index contributed by atoms with van der Waals surface area (Å²) in [7, 11) is 0. The summed E-state index contributed by atoms with van der Waals surface area (Å²) in [6, 6.07) is 5.95. The largest absolute Gasteiger partial charge is 0.323 e. The lowest BCUT2D eigenvalue weighted by molar-refractivity contribution is -0.116. The summed E-state index contributed by atoms with van der Waals surface area (Å²) in [4.78, 5) is 28.6. The van der Waals surface area contributed by atoms with Crippen LogP contribution in [0, 0.1) is 5.82 Å². The molecule has 0 unspecified atom stereocenters. The zero-order chi connectivity index (χ0) is 20.8. The van der Waals surface area contributed by atoms with Gasteiger partial charge in [0.05, 0.1) is 17.4 Å². The lowest BCUT2D eigenvalue weighted by Crippen LogP contribution is -2.23. The first kappa shape index (κ1) is 20.9. The van der Waals surface area contributed by atoms with Crippen LogP contribution in [0.4, 0.5) is 15.2 Å². The van der Waals surface area contributed by atoms with Gasteiger partial charge in [-0.25, -0.2) is 9.37 Å². The van der Waals surface area contributed by atoms with Crippen LogP contribution in [0.2, 0.25) is 0 Å². The molecule has 2 heterocycles. The van der Waals surface area contributed by atoms with Crippen LogP contribution in [0.15, 0.2) is 41.0 Å². The zero-order valence-corrected chi connectivity index (χ0v) is 17.4. The minimum Gasteiger partial charge on any atom is -0.323 e. The number of nitrogens with zero attached hydrogens (tertiary/aromatic N) is 4. The molecular formula is C18H19FN6O2S2. The summed E-state index contributed by atoms with van der Waals surface area (Å²) < 4.78 is 15.5. The summed E-state index contributed by atoms with van der Waals surface area (Å²) >= 11 is 2.58. The van der Waals surface area contributed by atoms with Gasteiger partial charge in [0.25, 0.3) is 0 Å². The van der Waals surface area contributed by atoms with Crippen LogP contribution in [0.3, 0.4) is 0 Å². The average molecular weight is 435 g/mol. The van der Waals surface area contributed by atoms with Gasteiger partial charge in [-0.1, -0.05) is 23.9 Å². The molecule has 2 amide bonds. The van der Waals surface area contributed by atoms with Crippen molar-refractivity contribution < 1.29 is 14.0 Å². The number of halogens is 1. The molecule has 2 N–H and O–H groups in total. The molecule has 0 fully saturated rings. The number of hydrogen-bond donors (Lipinski definition) is 2. The SMILES string of the molecule is CCn1c(CC(=O)Nc2ccccc2F)nnc1S[C@H](C)C(=O)Nc1nccs1. The van der Waals surface area contributed by atoms with Crippen LogP contribution in [-0.2, 0) is 22.6 Å². The van der Waals surface area contributed by atoms with E-state index in [9.17, 15) is 14.0 Å². The molecule has 0 aliphatic carbocycles. The number of carbonyl (C=O) groups is 2. The second-order valence-corrected chi connectivity index (χ2v) is 8.14. The maximum atomic E-state index is 13.7. The molecule has 0 saturated carbocycles. The highest BCUT2D eigenvalue weighted by molar-refractivity contribution is 8.00. The maximum Gasteiger partial charge on any atom is 0.239 e. The average Bonchev–Trinajstić information content (AvgIpc) is 3.33. The molecular weight excluding hydrogens is 415 g/mol. The van der Waals surface area contributed by atoms with E-state index >= 15 is 0 Å². The van der Waals surface area contributed by atoms with Crippen molar-refractivity contribution in [1.29, 1.82) is 0 Å². The van der Waals surface area contributed by atoms with Crippen LogP contribution in [0.5, 0.6) is 0 Å². The molecule has 0 aliphatic heterocycles. The number of amides is 2. The first-order chi connectivity index (χ1) is 14.0. The first-order valence-corrected chi connectivity index (χ1v) is 10.6. The van der Waals surface area contributed by atoms with E-state index in [0.29, 0.717) is 22.7 Å². The molecule has 3 aromatic rings. The molecule has 8 nitrogen and oxygen atoms in total. The van der Waals surface area contributed by atoms with Crippen molar-refractivity contribution in [3.63, 3.8) is 0 Å². The minimum absolute atomic E-state index is 0.0601. The van der Waals surface area contributed by atoms with Crippen LogP contribution >= 0.6 is 23.1 Å². The highest BCUT2D eigenvalue weighted by atomic mass is 32.2.